The van der Waals surface area contributed by atoms with Gasteiger partial charge in [-0.1, -0.05) is 31.0 Å². The highest BCUT2D eigenvalue weighted by Gasteiger charge is 2.12. The number of nitrogens with zero attached hydrogens (tertiary/aromatic N) is 3. The fraction of sp³-hybridized carbons (Fsp3) is 0.650. The summed E-state index contributed by atoms with van der Waals surface area (Å²) in [7, 11) is 0. The van der Waals surface area contributed by atoms with Gasteiger partial charge in [0, 0.05) is 38.3 Å². The number of ether oxygens (including phenoxy) is 2. The molecule has 0 aliphatic carbocycles. The van der Waals surface area contributed by atoms with Gasteiger partial charge >= 0.3 is 0 Å². The van der Waals surface area contributed by atoms with Crippen LogP contribution in [0.3, 0.4) is 0 Å². The molecule has 0 spiro atoms. The van der Waals surface area contributed by atoms with Crippen LogP contribution in [0.1, 0.15) is 31.2 Å². The lowest BCUT2D eigenvalue weighted by Gasteiger charge is -2.26. The van der Waals surface area contributed by atoms with Crippen molar-refractivity contribution >= 4 is 29.9 Å². The van der Waals surface area contributed by atoms with Crippen LogP contribution in [0.15, 0.2) is 29.3 Å². The molecule has 2 heterocycles. The van der Waals surface area contributed by atoms with E-state index in [4.69, 9.17) is 15.2 Å². The third-order valence-corrected chi connectivity index (χ3v) is 5.08. The molecule has 0 unspecified atom stereocenters. The van der Waals surface area contributed by atoms with Crippen LogP contribution in [0.2, 0.25) is 0 Å². The molecule has 2 N–H and O–H groups in total. The SMILES string of the molecule is I.NC(=NCc1ccccc1OCCN1CCOCC1)N1CCCCCC1. The number of halogens is 1. The van der Waals surface area contributed by atoms with Gasteiger partial charge in [-0.25, -0.2) is 4.99 Å². The van der Waals surface area contributed by atoms with E-state index < -0.39 is 0 Å². The molecule has 0 aromatic heterocycles. The monoisotopic (exact) mass is 488 g/mol. The van der Waals surface area contributed by atoms with E-state index >= 15 is 0 Å². The zero-order chi connectivity index (χ0) is 18.0. The van der Waals surface area contributed by atoms with Crippen molar-refractivity contribution in [3.63, 3.8) is 0 Å². The van der Waals surface area contributed by atoms with Crippen LogP contribution in [-0.4, -0.2) is 68.3 Å². The Morgan fingerprint density at radius 2 is 1.74 bits per heavy atom. The molecule has 1 aromatic rings. The first-order chi connectivity index (χ1) is 12.8. The summed E-state index contributed by atoms with van der Waals surface area (Å²) in [6, 6.07) is 8.13. The molecule has 0 amide bonds. The van der Waals surface area contributed by atoms with Crippen LogP contribution < -0.4 is 10.5 Å². The number of benzene rings is 1. The summed E-state index contributed by atoms with van der Waals surface area (Å²) in [4.78, 5) is 9.23. The Balaban J connectivity index is 0.00000261. The number of guanidine groups is 1. The van der Waals surface area contributed by atoms with Crippen molar-refractivity contribution in [1.82, 2.24) is 9.80 Å². The summed E-state index contributed by atoms with van der Waals surface area (Å²) in [5.41, 5.74) is 7.32. The van der Waals surface area contributed by atoms with Gasteiger partial charge in [0.25, 0.3) is 0 Å². The molecule has 3 rings (SSSR count). The van der Waals surface area contributed by atoms with Crippen molar-refractivity contribution in [2.75, 3.05) is 52.5 Å². The van der Waals surface area contributed by atoms with Crippen molar-refractivity contribution in [1.29, 1.82) is 0 Å². The topological polar surface area (TPSA) is 63.3 Å². The summed E-state index contributed by atoms with van der Waals surface area (Å²) in [5, 5.41) is 0. The van der Waals surface area contributed by atoms with E-state index in [1.54, 1.807) is 0 Å². The predicted molar refractivity (Wildman–Crippen MR) is 120 cm³/mol. The number of morpholine rings is 1. The minimum Gasteiger partial charge on any atom is -0.492 e. The quantitative estimate of drug-likeness (QED) is 0.379. The van der Waals surface area contributed by atoms with Gasteiger partial charge in [0.1, 0.15) is 12.4 Å². The van der Waals surface area contributed by atoms with Crippen molar-refractivity contribution in [3.8, 4) is 5.75 Å². The van der Waals surface area contributed by atoms with Crippen LogP contribution in [0.5, 0.6) is 5.75 Å². The Labute approximate surface area is 180 Å². The van der Waals surface area contributed by atoms with E-state index in [0.29, 0.717) is 19.1 Å². The first-order valence-corrected chi connectivity index (χ1v) is 9.88. The second-order valence-corrected chi connectivity index (χ2v) is 6.99. The summed E-state index contributed by atoms with van der Waals surface area (Å²) in [5.74, 6) is 1.57. The Morgan fingerprint density at radius 1 is 1.04 bits per heavy atom. The van der Waals surface area contributed by atoms with E-state index in [1.807, 2.05) is 18.2 Å². The van der Waals surface area contributed by atoms with Crippen LogP contribution in [0.4, 0.5) is 0 Å². The Bertz CT molecular complexity index is 571. The first kappa shape index (κ1) is 22.2. The van der Waals surface area contributed by atoms with Gasteiger partial charge in [0.05, 0.1) is 19.8 Å². The minimum atomic E-state index is 0. The summed E-state index contributed by atoms with van der Waals surface area (Å²) >= 11 is 0. The number of para-hydroxylation sites is 1. The number of nitrogens with two attached hydrogens (primary N) is 1. The molecule has 152 valence electrons. The largest absolute Gasteiger partial charge is 0.492 e. The zero-order valence-corrected chi connectivity index (χ0v) is 18.5. The number of likely N-dealkylation sites (tertiary alicyclic amines) is 1. The Kier molecular flexibility index (Phi) is 10.2. The molecule has 2 saturated heterocycles. The molecule has 2 fully saturated rings. The maximum Gasteiger partial charge on any atom is 0.191 e. The molecule has 0 bridgehead atoms. The molecule has 6 nitrogen and oxygen atoms in total. The third kappa shape index (κ3) is 7.46. The minimum absolute atomic E-state index is 0. The molecule has 1 aromatic carbocycles. The fourth-order valence-electron chi connectivity index (χ4n) is 3.45. The van der Waals surface area contributed by atoms with E-state index in [9.17, 15) is 0 Å². The van der Waals surface area contributed by atoms with E-state index in [-0.39, 0.29) is 24.0 Å². The molecule has 2 aliphatic rings. The predicted octanol–water partition coefficient (Wildman–Crippen LogP) is 2.71. The highest BCUT2D eigenvalue weighted by atomic mass is 127. The van der Waals surface area contributed by atoms with Gasteiger partial charge in [-0.05, 0) is 18.9 Å². The van der Waals surface area contributed by atoms with Gasteiger partial charge < -0.3 is 20.1 Å². The normalized spacial score (nSPS) is 19.3. The number of rotatable bonds is 6. The van der Waals surface area contributed by atoms with Gasteiger partial charge in [0.15, 0.2) is 5.96 Å². The molecule has 0 saturated carbocycles. The maximum absolute atomic E-state index is 6.23. The van der Waals surface area contributed by atoms with Gasteiger partial charge in [-0.2, -0.15) is 0 Å². The first-order valence-electron chi connectivity index (χ1n) is 9.88. The van der Waals surface area contributed by atoms with Crippen molar-refractivity contribution in [2.24, 2.45) is 10.7 Å². The summed E-state index contributed by atoms with van der Waals surface area (Å²) in [6.45, 7) is 7.83. The standard InChI is InChI=1S/C20H32N4O2.HI/c21-20(24-9-5-1-2-6-10-24)22-17-18-7-3-4-8-19(18)26-16-13-23-11-14-25-15-12-23;/h3-4,7-8H,1-2,5-6,9-17H2,(H2,21,22);1H. The summed E-state index contributed by atoms with van der Waals surface area (Å²) in [6.07, 6.45) is 5.00. The lowest BCUT2D eigenvalue weighted by atomic mass is 10.2. The third-order valence-electron chi connectivity index (χ3n) is 5.08. The average molecular weight is 488 g/mol. The van der Waals surface area contributed by atoms with Crippen LogP contribution in [0.25, 0.3) is 0 Å². The fourth-order valence-corrected chi connectivity index (χ4v) is 3.45. The van der Waals surface area contributed by atoms with Crippen molar-refractivity contribution < 1.29 is 9.47 Å². The van der Waals surface area contributed by atoms with Gasteiger partial charge in [-0.3, -0.25) is 4.90 Å². The Morgan fingerprint density at radius 3 is 2.48 bits per heavy atom. The van der Waals surface area contributed by atoms with Crippen LogP contribution >= 0.6 is 24.0 Å². The lowest BCUT2D eigenvalue weighted by molar-refractivity contribution is 0.0322. The van der Waals surface area contributed by atoms with Crippen molar-refractivity contribution in [2.45, 2.75) is 32.2 Å². The Hall–Kier alpha value is -1.06. The number of hydrogen-bond acceptors (Lipinski definition) is 4. The van der Waals surface area contributed by atoms with Gasteiger partial charge in [-0.15, -0.1) is 24.0 Å². The van der Waals surface area contributed by atoms with Crippen LogP contribution in [0, 0.1) is 0 Å². The second kappa shape index (κ2) is 12.4. The molecule has 2 aliphatic heterocycles. The van der Waals surface area contributed by atoms with E-state index in [1.165, 1.54) is 25.7 Å². The number of aliphatic imine (C=N–C) groups is 1. The number of hydrogen-bond donors (Lipinski definition) is 1. The summed E-state index contributed by atoms with van der Waals surface area (Å²) < 4.78 is 11.4. The molecule has 27 heavy (non-hydrogen) atoms. The van der Waals surface area contributed by atoms with E-state index in [0.717, 1.165) is 57.3 Å². The highest BCUT2D eigenvalue weighted by Crippen LogP contribution is 2.19. The molecule has 0 atom stereocenters. The van der Waals surface area contributed by atoms with Crippen molar-refractivity contribution in [3.05, 3.63) is 29.8 Å². The van der Waals surface area contributed by atoms with Crippen LogP contribution in [-0.2, 0) is 11.3 Å². The molecular weight excluding hydrogens is 455 g/mol. The zero-order valence-electron chi connectivity index (χ0n) is 16.1. The molecule has 7 heteroatoms. The molecular formula is C20H33IN4O2. The van der Waals surface area contributed by atoms with E-state index in [2.05, 4.69) is 20.9 Å². The van der Waals surface area contributed by atoms with Gasteiger partial charge in [0.2, 0.25) is 0 Å². The lowest BCUT2D eigenvalue weighted by Crippen LogP contribution is -2.38. The average Bonchev–Trinajstić information content (AvgIpc) is 2.97. The molecule has 0 radical (unpaired) electrons. The smallest absolute Gasteiger partial charge is 0.191 e. The second-order valence-electron chi connectivity index (χ2n) is 6.99. The highest BCUT2D eigenvalue weighted by molar-refractivity contribution is 14.0. The maximum atomic E-state index is 6.23.